The largest absolute Gasteiger partial charge is 0.507 e. The Morgan fingerprint density at radius 2 is 1.65 bits per heavy atom. The zero-order chi connectivity index (χ0) is 14.1. The summed E-state index contributed by atoms with van der Waals surface area (Å²) in [5, 5.41) is 12.7. The maximum absolute atomic E-state index is 13.0. The summed E-state index contributed by atoms with van der Waals surface area (Å²) >= 11 is 0. The SMILES string of the molecule is Oc1cc2c(cc1CNc1cc(F)cc(F)c1)OCO2. The predicted octanol–water partition coefficient (Wildman–Crippen LogP) is 3.01. The lowest BCUT2D eigenvalue weighted by Crippen LogP contribution is -2.01. The first-order chi connectivity index (χ1) is 9.61. The molecule has 20 heavy (non-hydrogen) atoms. The highest BCUT2D eigenvalue weighted by atomic mass is 19.1. The number of halogens is 2. The van der Waals surface area contributed by atoms with Crippen molar-refractivity contribution in [3.63, 3.8) is 0 Å². The number of aromatic hydroxyl groups is 1. The van der Waals surface area contributed by atoms with Gasteiger partial charge in [0.05, 0.1) is 0 Å². The Bertz CT molecular complexity index is 641. The van der Waals surface area contributed by atoms with E-state index >= 15 is 0 Å². The van der Waals surface area contributed by atoms with Gasteiger partial charge in [0.25, 0.3) is 0 Å². The molecule has 2 aromatic carbocycles. The molecule has 2 N–H and O–H groups in total. The van der Waals surface area contributed by atoms with Gasteiger partial charge in [-0.25, -0.2) is 8.78 Å². The second-order valence-corrected chi connectivity index (χ2v) is 4.35. The van der Waals surface area contributed by atoms with Gasteiger partial charge in [-0.05, 0) is 18.2 Å². The maximum Gasteiger partial charge on any atom is 0.231 e. The second-order valence-electron chi connectivity index (χ2n) is 4.35. The van der Waals surface area contributed by atoms with Crippen molar-refractivity contribution in [1.29, 1.82) is 0 Å². The van der Waals surface area contributed by atoms with Gasteiger partial charge in [0.1, 0.15) is 17.4 Å². The van der Waals surface area contributed by atoms with E-state index in [1.165, 1.54) is 18.2 Å². The molecule has 4 nitrogen and oxygen atoms in total. The van der Waals surface area contributed by atoms with Crippen molar-refractivity contribution in [3.05, 3.63) is 47.5 Å². The average molecular weight is 279 g/mol. The Labute approximate surface area is 113 Å². The minimum atomic E-state index is -0.664. The van der Waals surface area contributed by atoms with Gasteiger partial charge in [-0.1, -0.05) is 0 Å². The molecule has 1 aliphatic rings. The van der Waals surface area contributed by atoms with Crippen LogP contribution in [0.3, 0.4) is 0 Å². The molecule has 0 atom stereocenters. The first-order valence-electron chi connectivity index (χ1n) is 5.93. The minimum absolute atomic E-state index is 0.0265. The molecule has 0 aliphatic carbocycles. The quantitative estimate of drug-likeness (QED) is 0.906. The molecule has 0 amide bonds. The molecule has 0 unspecified atom stereocenters. The molecule has 0 spiro atoms. The number of hydrogen-bond acceptors (Lipinski definition) is 4. The van der Waals surface area contributed by atoms with Crippen molar-refractivity contribution >= 4 is 5.69 Å². The van der Waals surface area contributed by atoms with Crippen molar-refractivity contribution in [2.75, 3.05) is 12.1 Å². The molecule has 0 saturated carbocycles. The normalized spacial score (nSPS) is 12.5. The number of ether oxygens (including phenoxy) is 2. The smallest absolute Gasteiger partial charge is 0.231 e. The Kier molecular flexibility index (Phi) is 3.06. The lowest BCUT2D eigenvalue weighted by atomic mass is 10.1. The highest BCUT2D eigenvalue weighted by Crippen LogP contribution is 2.37. The van der Waals surface area contributed by atoms with E-state index in [2.05, 4.69) is 5.32 Å². The second kappa shape index (κ2) is 4.88. The van der Waals surface area contributed by atoms with E-state index < -0.39 is 11.6 Å². The number of phenols is 1. The monoisotopic (exact) mass is 279 g/mol. The molecule has 1 aliphatic heterocycles. The Morgan fingerprint density at radius 1 is 1.00 bits per heavy atom. The van der Waals surface area contributed by atoms with E-state index in [4.69, 9.17) is 9.47 Å². The van der Waals surface area contributed by atoms with Crippen molar-refractivity contribution in [2.24, 2.45) is 0 Å². The molecule has 0 saturated heterocycles. The van der Waals surface area contributed by atoms with E-state index in [0.29, 0.717) is 22.7 Å². The van der Waals surface area contributed by atoms with Crippen molar-refractivity contribution in [1.82, 2.24) is 0 Å². The van der Waals surface area contributed by atoms with Crippen molar-refractivity contribution in [3.8, 4) is 17.2 Å². The van der Waals surface area contributed by atoms with Gasteiger partial charge in [0.2, 0.25) is 6.79 Å². The first kappa shape index (κ1) is 12.5. The number of fused-ring (bicyclic) bond motifs is 1. The van der Waals surface area contributed by atoms with Crippen LogP contribution in [0.2, 0.25) is 0 Å². The van der Waals surface area contributed by atoms with Gasteiger partial charge < -0.3 is 19.9 Å². The number of anilines is 1. The molecule has 0 radical (unpaired) electrons. The number of rotatable bonds is 3. The minimum Gasteiger partial charge on any atom is -0.507 e. The van der Waals surface area contributed by atoms with Crippen LogP contribution in [0.15, 0.2) is 30.3 Å². The van der Waals surface area contributed by atoms with Gasteiger partial charge >= 0.3 is 0 Å². The summed E-state index contributed by atoms with van der Waals surface area (Å²) in [6.07, 6.45) is 0. The lowest BCUT2D eigenvalue weighted by Gasteiger charge is -2.09. The molecule has 0 aromatic heterocycles. The van der Waals surface area contributed by atoms with Crippen LogP contribution in [0.4, 0.5) is 14.5 Å². The van der Waals surface area contributed by atoms with Crippen LogP contribution in [0.5, 0.6) is 17.2 Å². The summed E-state index contributed by atoms with van der Waals surface area (Å²) in [5.41, 5.74) is 0.832. The maximum atomic E-state index is 13.0. The van der Waals surface area contributed by atoms with Gasteiger partial charge in [-0.3, -0.25) is 0 Å². The van der Waals surface area contributed by atoms with Gasteiger partial charge in [0, 0.05) is 29.9 Å². The van der Waals surface area contributed by atoms with E-state index in [1.807, 2.05) is 0 Å². The number of nitrogens with one attached hydrogen (secondary N) is 1. The third kappa shape index (κ3) is 2.45. The Balaban J connectivity index is 1.78. The van der Waals surface area contributed by atoms with Crippen LogP contribution < -0.4 is 14.8 Å². The fraction of sp³-hybridized carbons (Fsp3) is 0.143. The molecule has 0 fully saturated rings. The Morgan fingerprint density at radius 3 is 2.35 bits per heavy atom. The molecule has 1 heterocycles. The van der Waals surface area contributed by atoms with E-state index in [-0.39, 0.29) is 19.1 Å². The third-order valence-corrected chi connectivity index (χ3v) is 2.92. The molecule has 2 aromatic rings. The average Bonchev–Trinajstić information content (AvgIpc) is 2.81. The fourth-order valence-electron chi connectivity index (χ4n) is 1.97. The molecule has 6 heteroatoms. The van der Waals surface area contributed by atoms with Gasteiger partial charge in [0.15, 0.2) is 11.5 Å². The highest BCUT2D eigenvalue weighted by molar-refractivity contribution is 5.53. The molecule has 3 rings (SSSR count). The zero-order valence-corrected chi connectivity index (χ0v) is 10.3. The summed E-state index contributed by atoms with van der Waals surface area (Å²) < 4.78 is 36.4. The molecular formula is C14H11F2NO3. The molecule has 0 bridgehead atoms. The molecule has 104 valence electrons. The van der Waals surface area contributed by atoms with Crippen LogP contribution in [-0.4, -0.2) is 11.9 Å². The van der Waals surface area contributed by atoms with Gasteiger partial charge in [-0.2, -0.15) is 0 Å². The first-order valence-corrected chi connectivity index (χ1v) is 5.93. The van der Waals surface area contributed by atoms with Gasteiger partial charge in [-0.15, -0.1) is 0 Å². The van der Waals surface area contributed by atoms with E-state index in [9.17, 15) is 13.9 Å². The van der Waals surface area contributed by atoms with Crippen molar-refractivity contribution in [2.45, 2.75) is 6.54 Å². The lowest BCUT2D eigenvalue weighted by molar-refractivity contribution is 0.174. The summed E-state index contributed by atoms with van der Waals surface area (Å²) in [7, 11) is 0. The summed E-state index contributed by atoms with van der Waals surface area (Å²) in [6, 6.07) is 6.22. The van der Waals surface area contributed by atoms with E-state index in [0.717, 1.165) is 6.07 Å². The highest BCUT2D eigenvalue weighted by Gasteiger charge is 2.16. The molecular weight excluding hydrogens is 268 g/mol. The van der Waals surface area contributed by atoms with Crippen LogP contribution in [-0.2, 0) is 6.54 Å². The summed E-state index contributed by atoms with van der Waals surface area (Å²) in [5.74, 6) is -0.295. The predicted molar refractivity (Wildman–Crippen MR) is 67.9 cm³/mol. The standard InChI is InChI=1S/C14H11F2NO3/c15-9-2-10(16)4-11(3-9)17-6-8-1-13-14(5-12(8)18)20-7-19-13/h1-5,17-18H,6-7H2. The topological polar surface area (TPSA) is 50.7 Å². The Hall–Kier alpha value is -2.50. The van der Waals surface area contributed by atoms with Crippen LogP contribution in [0.25, 0.3) is 0 Å². The van der Waals surface area contributed by atoms with E-state index in [1.54, 1.807) is 6.07 Å². The van der Waals surface area contributed by atoms with Crippen LogP contribution >= 0.6 is 0 Å². The summed E-state index contributed by atoms with van der Waals surface area (Å²) in [4.78, 5) is 0. The summed E-state index contributed by atoms with van der Waals surface area (Å²) in [6.45, 7) is 0.312. The number of phenolic OH excluding ortho intramolecular Hbond substituents is 1. The zero-order valence-electron chi connectivity index (χ0n) is 10.3. The van der Waals surface area contributed by atoms with Crippen molar-refractivity contribution < 1.29 is 23.4 Å². The third-order valence-electron chi connectivity index (χ3n) is 2.92. The van der Waals surface area contributed by atoms with Crippen LogP contribution in [0, 0.1) is 11.6 Å². The fourth-order valence-corrected chi connectivity index (χ4v) is 1.97. The number of benzene rings is 2. The number of hydrogen-bond donors (Lipinski definition) is 2. The van der Waals surface area contributed by atoms with Crippen LogP contribution in [0.1, 0.15) is 5.56 Å².